The fraction of sp³-hybridized carbons (Fsp3) is 0.304. The van der Waals surface area contributed by atoms with Crippen LogP contribution in [0.1, 0.15) is 21.6 Å². The van der Waals surface area contributed by atoms with Crippen molar-refractivity contribution in [3.8, 4) is 10.6 Å². The Labute approximate surface area is 192 Å². The Morgan fingerprint density at radius 1 is 1.12 bits per heavy atom. The Kier molecular flexibility index (Phi) is 7.00. The van der Waals surface area contributed by atoms with E-state index >= 15 is 0 Å². The number of nitrogens with one attached hydrogen (secondary N) is 1. The summed E-state index contributed by atoms with van der Waals surface area (Å²) in [6, 6.07) is 14.5. The van der Waals surface area contributed by atoms with E-state index in [1.165, 1.54) is 15.9 Å². The van der Waals surface area contributed by atoms with E-state index in [1.54, 1.807) is 29.5 Å². The molecule has 0 spiro atoms. The second-order valence-corrected chi connectivity index (χ2v) is 10.3. The topological polar surface area (TPSA) is 88.6 Å². The van der Waals surface area contributed by atoms with Crippen LogP contribution < -0.4 is 5.32 Å². The minimum atomic E-state index is -3.76. The molecule has 1 fully saturated rings. The van der Waals surface area contributed by atoms with Crippen molar-refractivity contribution < 1.29 is 17.9 Å². The number of hydrogen-bond acceptors (Lipinski definition) is 6. The molecule has 1 N–H and O–H groups in total. The van der Waals surface area contributed by atoms with Gasteiger partial charge in [0.15, 0.2) is 0 Å². The highest BCUT2D eigenvalue weighted by atomic mass is 32.2. The van der Waals surface area contributed by atoms with Crippen molar-refractivity contribution in [3.63, 3.8) is 0 Å². The number of benzene rings is 2. The van der Waals surface area contributed by atoms with Crippen LogP contribution in [0, 0.1) is 6.92 Å². The summed E-state index contributed by atoms with van der Waals surface area (Å²) in [6.45, 7) is 3.68. The molecule has 0 saturated carbocycles. The van der Waals surface area contributed by atoms with Crippen LogP contribution in [0.3, 0.4) is 0 Å². The van der Waals surface area contributed by atoms with Gasteiger partial charge in [0.05, 0.1) is 29.4 Å². The number of carbonyl (C=O) groups is 1. The number of carbonyl (C=O) groups excluding carboxylic acids is 1. The number of thiazole rings is 1. The maximum Gasteiger partial charge on any atom is 0.252 e. The standard InChI is InChI=1S/C23H25N3O4S2/c1-17-6-8-18(9-7-17)23-25-19(16-31-23)10-11-24-22(27)20-4-2-3-5-21(20)32(28,29)26-12-14-30-15-13-26/h2-9,16H,10-15H2,1H3,(H,24,27). The second-order valence-electron chi connectivity index (χ2n) is 7.53. The van der Waals surface area contributed by atoms with Crippen molar-refractivity contribution in [1.82, 2.24) is 14.6 Å². The van der Waals surface area contributed by atoms with Crippen LogP contribution in [0.4, 0.5) is 0 Å². The third-order valence-corrected chi connectivity index (χ3v) is 8.13. The molecule has 1 aromatic heterocycles. The summed E-state index contributed by atoms with van der Waals surface area (Å²) >= 11 is 1.57. The monoisotopic (exact) mass is 471 g/mol. The molecule has 1 saturated heterocycles. The van der Waals surface area contributed by atoms with Gasteiger partial charge in [-0.2, -0.15) is 4.31 Å². The van der Waals surface area contributed by atoms with Crippen LogP contribution in [0.2, 0.25) is 0 Å². The van der Waals surface area contributed by atoms with E-state index in [1.807, 2.05) is 24.4 Å². The summed E-state index contributed by atoms with van der Waals surface area (Å²) in [5, 5.41) is 5.76. The molecule has 0 aliphatic carbocycles. The van der Waals surface area contributed by atoms with E-state index in [9.17, 15) is 13.2 Å². The Bertz CT molecular complexity index is 1180. The number of sulfonamides is 1. The molecule has 3 aromatic rings. The van der Waals surface area contributed by atoms with Gasteiger partial charge in [-0.15, -0.1) is 11.3 Å². The number of ether oxygens (including phenoxy) is 1. The molecular formula is C23H25N3O4S2. The number of aromatic nitrogens is 1. The van der Waals surface area contributed by atoms with Crippen LogP contribution in [0.5, 0.6) is 0 Å². The molecule has 0 unspecified atom stereocenters. The van der Waals surface area contributed by atoms with E-state index in [4.69, 9.17) is 4.74 Å². The van der Waals surface area contributed by atoms with Gasteiger partial charge in [-0.05, 0) is 19.1 Å². The summed E-state index contributed by atoms with van der Waals surface area (Å²) < 4.78 is 32.7. The summed E-state index contributed by atoms with van der Waals surface area (Å²) in [4.78, 5) is 17.5. The summed E-state index contributed by atoms with van der Waals surface area (Å²) in [5.41, 5.74) is 3.31. The van der Waals surface area contributed by atoms with Crippen LogP contribution in [0.25, 0.3) is 10.6 Å². The molecule has 1 amide bonds. The Morgan fingerprint density at radius 3 is 2.59 bits per heavy atom. The Hall–Kier alpha value is -2.59. The number of nitrogens with zero attached hydrogens (tertiary/aromatic N) is 2. The highest BCUT2D eigenvalue weighted by Crippen LogP contribution is 2.24. The minimum Gasteiger partial charge on any atom is -0.379 e. The molecule has 0 bridgehead atoms. The molecule has 7 nitrogen and oxygen atoms in total. The van der Waals surface area contributed by atoms with Crippen molar-refractivity contribution >= 4 is 27.3 Å². The van der Waals surface area contributed by atoms with Gasteiger partial charge in [0.1, 0.15) is 5.01 Å². The smallest absolute Gasteiger partial charge is 0.252 e. The number of morpholine rings is 1. The fourth-order valence-corrected chi connectivity index (χ4v) is 5.91. The van der Waals surface area contributed by atoms with Crippen LogP contribution in [-0.4, -0.2) is 56.5 Å². The lowest BCUT2D eigenvalue weighted by Crippen LogP contribution is -2.41. The van der Waals surface area contributed by atoms with Gasteiger partial charge in [-0.3, -0.25) is 4.79 Å². The average Bonchev–Trinajstić information content (AvgIpc) is 3.29. The van der Waals surface area contributed by atoms with Gasteiger partial charge in [-0.1, -0.05) is 42.0 Å². The first-order valence-corrected chi connectivity index (χ1v) is 12.7. The van der Waals surface area contributed by atoms with Gasteiger partial charge in [0.25, 0.3) is 5.91 Å². The lowest BCUT2D eigenvalue weighted by Gasteiger charge is -2.26. The zero-order valence-corrected chi connectivity index (χ0v) is 19.4. The van der Waals surface area contributed by atoms with E-state index in [0.717, 1.165) is 16.3 Å². The Morgan fingerprint density at radius 2 is 1.84 bits per heavy atom. The van der Waals surface area contributed by atoms with E-state index in [0.29, 0.717) is 26.2 Å². The minimum absolute atomic E-state index is 0.0229. The first kappa shape index (κ1) is 22.6. The van der Waals surface area contributed by atoms with E-state index in [2.05, 4.69) is 22.4 Å². The normalized spacial score (nSPS) is 14.9. The van der Waals surface area contributed by atoms with E-state index in [-0.39, 0.29) is 23.5 Å². The molecule has 2 aromatic carbocycles. The highest BCUT2D eigenvalue weighted by molar-refractivity contribution is 7.89. The first-order valence-electron chi connectivity index (χ1n) is 10.4. The predicted molar refractivity (Wildman–Crippen MR) is 124 cm³/mol. The number of rotatable bonds is 7. The summed E-state index contributed by atoms with van der Waals surface area (Å²) in [7, 11) is -3.76. The zero-order chi connectivity index (χ0) is 22.6. The number of hydrogen-bond donors (Lipinski definition) is 1. The third-order valence-electron chi connectivity index (χ3n) is 5.24. The SMILES string of the molecule is Cc1ccc(-c2nc(CCNC(=O)c3ccccc3S(=O)(=O)N3CCOCC3)cs2)cc1. The van der Waals surface area contributed by atoms with Crippen LogP contribution >= 0.6 is 11.3 Å². The summed E-state index contributed by atoms with van der Waals surface area (Å²) in [5.74, 6) is -0.411. The van der Waals surface area contributed by atoms with Crippen molar-refractivity contribution in [2.75, 3.05) is 32.8 Å². The van der Waals surface area contributed by atoms with Crippen molar-refractivity contribution in [3.05, 3.63) is 70.7 Å². The largest absolute Gasteiger partial charge is 0.379 e. The maximum absolute atomic E-state index is 13.0. The molecule has 0 atom stereocenters. The molecule has 9 heteroatoms. The highest BCUT2D eigenvalue weighted by Gasteiger charge is 2.30. The predicted octanol–water partition coefficient (Wildman–Crippen LogP) is 3.11. The van der Waals surface area contributed by atoms with Gasteiger partial charge >= 0.3 is 0 Å². The third kappa shape index (κ3) is 5.07. The molecule has 4 rings (SSSR count). The molecular weight excluding hydrogens is 446 g/mol. The van der Waals surface area contributed by atoms with Gasteiger partial charge in [0, 0.05) is 37.0 Å². The lowest BCUT2D eigenvalue weighted by atomic mass is 10.2. The van der Waals surface area contributed by atoms with Crippen molar-refractivity contribution in [2.45, 2.75) is 18.2 Å². The quantitative estimate of drug-likeness (QED) is 0.572. The lowest BCUT2D eigenvalue weighted by molar-refractivity contribution is 0.0730. The molecule has 1 aliphatic heterocycles. The molecule has 168 valence electrons. The number of amides is 1. The zero-order valence-electron chi connectivity index (χ0n) is 17.8. The van der Waals surface area contributed by atoms with Crippen molar-refractivity contribution in [2.24, 2.45) is 0 Å². The summed E-state index contributed by atoms with van der Waals surface area (Å²) in [6.07, 6.45) is 0.562. The van der Waals surface area contributed by atoms with E-state index < -0.39 is 15.9 Å². The second kappa shape index (κ2) is 9.91. The first-order chi connectivity index (χ1) is 15.4. The maximum atomic E-state index is 13.0. The van der Waals surface area contributed by atoms with Crippen LogP contribution in [-0.2, 0) is 21.2 Å². The van der Waals surface area contributed by atoms with Gasteiger partial charge in [-0.25, -0.2) is 13.4 Å². The van der Waals surface area contributed by atoms with Crippen molar-refractivity contribution in [1.29, 1.82) is 0 Å². The average molecular weight is 472 g/mol. The van der Waals surface area contributed by atoms with Gasteiger partial charge < -0.3 is 10.1 Å². The van der Waals surface area contributed by atoms with Crippen LogP contribution in [0.15, 0.2) is 58.8 Å². The van der Waals surface area contributed by atoms with Gasteiger partial charge in [0.2, 0.25) is 10.0 Å². The molecule has 32 heavy (non-hydrogen) atoms. The Balaban J connectivity index is 1.40. The fourth-order valence-electron chi connectivity index (χ4n) is 3.46. The number of aryl methyl sites for hydroxylation is 1. The molecule has 0 radical (unpaired) electrons. The molecule has 1 aliphatic rings. The molecule has 2 heterocycles.